The maximum atomic E-state index is 12.4. The number of hydrogen-bond donors (Lipinski definition) is 1. The van der Waals surface area contributed by atoms with E-state index in [0.29, 0.717) is 30.0 Å². The minimum atomic E-state index is -0.349. The summed E-state index contributed by atoms with van der Waals surface area (Å²) in [7, 11) is 0. The average Bonchev–Trinajstić information content (AvgIpc) is 3.16. The zero-order valence-electron chi connectivity index (χ0n) is 11.7. The smallest absolute Gasteiger partial charge is 0.322 e. The van der Waals surface area contributed by atoms with E-state index >= 15 is 0 Å². The monoisotopic (exact) mass is 292 g/mol. The molecule has 1 unspecified atom stereocenters. The highest BCUT2D eigenvalue weighted by Crippen LogP contribution is 2.29. The summed E-state index contributed by atoms with van der Waals surface area (Å²) in [6, 6.07) is 0.0501. The van der Waals surface area contributed by atoms with Gasteiger partial charge in [-0.2, -0.15) is 0 Å². The van der Waals surface area contributed by atoms with E-state index in [1.54, 1.807) is 0 Å². The van der Waals surface area contributed by atoms with Crippen LogP contribution in [0.4, 0.5) is 6.01 Å². The number of carbonyl (C=O) groups excluding carboxylic acids is 1. The van der Waals surface area contributed by atoms with Crippen molar-refractivity contribution in [1.82, 2.24) is 15.4 Å². The Bertz CT molecular complexity index is 602. The molecule has 1 saturated heterocycles. The standard InChI is InChI=1S/C13H16N4O4/c1-2-9-10(12(18)15-13-16-14-7-20-13)11(17-21-9)8-4-3-5-19-6-8/h7-8H,2-6H2,1H3,(H,15,16,18). The SMILES string of the molecule is CCc1onc(C2CCCOC2)c1C(=O)Nc1nnco1. The number of aromatic nitrogens is 3. The Labute approximate surface area is 120 Å². The molecule has 3 rings (SSSR count). The molecule has 1 N–H and O–H groups in total. The molecule has 3 heterocycles. The van der Waals surface area contributed by atoms with Gasteiger partial charge in [0.1, 0.15) is 17.0 Å². The largest absolute Gasteiger partial charge is 0.411 e. The fourth-order valence-electron chi connectivity index (χ4n) is 2.44. The molecule has 112 valence electrons. The molecule has 0 radical (unpaired) electrons. The number of carbonyl (C=O) groups is 1. The summed E-state index contributed by atoms with van der Waals surface area (Å²) in [6.45, 7) is 3.21. The van der Waals surface area contributed by atoms with E-state index in [2.05, 4.69) is 20.7 Å². The van der Waals surface area contributed by atoms with E-state index in [4.69, 9.17) is 13.7 Å². The van der Waals surface area contributed by atoms with E-state index < -0.39 is 0 Å². The molecule has 0 spiro atoms. The minimum absolute atomic E-state index is 0.0501. The van der Waals surface area contributed by atoms with Crippen molar-refractivity contribution in [2.75, 3.05) is 18.5 Å². The molecule has 0 saturated carbocycles. The van der Waals surface area contributed by atoms with Gasteiger partial charge >= 0.3 is 6.01 Å². The number of hydrogen-bond acceptors (Lipinski definition) is 7. The van der Waals surface area contributed by atoms with Crippen molar-refractivity contribution >= 4 is 11.9 Å². The third kappa shape index (κ3) is 2.80. The predicted molar refractivity (Wildman–Crippen MR) is 70.9 cm³/mol. The van der Waals surface area contributed by atoms with Crippen LogP contribution in [0.2, 0.25) is 0 Å². The van der Waals surface area contributed by atoms with Crippen LogP contribution in [0.3, 0.4) is 0 Å². The van der Waals surface area contributed by atoms with Gasteiger partial charge < -0.3 is 13.7 Å². The fraction of sp³-hybridized carbons (Fsp3) is 0.538. The Hall–Kier alpha value is -2.22. The number of aryl methyl sites for hydroxylation is 1. The molecular weight excluding hydrogens is 276 g/mol. The Morgan fingerprint density at radius 3 is 3.10 bits per heavy atom. The molecule has 1 fully saturated rings. The van der Waals surface area contributed by atoms with Crippen molar-refractivity contribution in [3.63, 3.8) is 0 Å². The third-order valence-electron chi connectivity index (χ3n) is 3.46. The van der Waals surface area contributed by atoms with Crippen LogP contribution >= 0.6 is 0 Å². The van der Waals surface area contributed by atoms with Crippen molar-refractivity contribution < 1.29 is 18.5 Å². The van der Waals surface area contributed by atoms with Crippen molar-refractivity contribution in [3.8, 4) is 0 Å². The van der Waals surface area contributed by atoms with E-state index in [9.17, 15) is 4.79 Å². The van der Waals surface area contributed by atoms with Crippen LogP contribution < -0.4 is 5.32 Å². The summed E-state index contributed by atoms with van der Waals surface area (Å²) >= 11 is 0. The number of nitrogens with one attached hydrogen (secondary N) is 1. The highest BCUT2D eigenvalue weighted by Gasteiger charge is 2.29. The summed E-state index contributed by atoms with van der Waals surface area (Å²) in [6.07, 6.45) is 3.60. The van der Waals surface area contributed by atoms with Gasteiger partial charge in [-0.1, -0.05) is 17.2 Å². The lowest BCUT2D eigenvalue weighted by atomic mass is 9.94. The molecule has 8 heteroatoms. The van der Waals surface area contributed by atoms with E-state index in [-0.39, 0.29) is 17.8 Å². The second-order valence-corrected chi connectivity index (χ2v) is 4.83. The van der Waals surface area contributed by atoms with Gasteiger partial charge in [0.15, 0.2) is 0 Å². The summed E-state index contributed by atoms with van der Waals surface area (Å²) < 4.78 is 15.7. The van der Waals surface area contributed by atoms with E-state index in [0.717, 1.165) is 25.8 Å². The lowest BCUT2D eigenvalue weighted by molar-refractivity contribution is 0.0778. The summed E-state index contributed by atoms with van der Waals surface area (Å²) in [5.41, 5.74) is 1.09. The molecule has 2 aromatic rings. The first-order valence-corrected chi connectivity index (χ1v) is 6.93. The molecule has 0 aromatic carbocycles. The van der Waals surface area contributed by atoms with Gasteiger partial charge in [0.05, 0.1) is 6.61 Å². The maximum Gasteiger partial charge on any atom is 0.322 e. The highest BCUT2D eigenvalue weighted by molar-refractivity contribution is 6.04. The first-order valence-electron chi connectivity index (χ1n) is 6.93. The predicted octanol–water partition coefficient (Wildman–Crippen LogP) is 1.77. The molecule has 21 heavy (non-hydrogen) atoms. The number of anilines is 1. The topological polar surface area (TPSA) is 103 Å². The first-order chi connectivity index (χ1) is 10.3. The van der Waals surface area contributed by atoms with Crippen LogP contribution in [0.5, 0.6) is 0 Å². The summed E-state index contributed by atoms with van der Waals surface area (Å²) in [4.78, 5) is 12.4. The number of ether oxygens (including phenoxy) is 1. The number of nitrogens with zero attached hydrogens (tertiary/aromatic N) is 3. The van der Waals surface area contributed by atoms with Crippen molar-refractivity contribution in [2.24, 2.45) is 0 Å². The fourth-order valence-corrected chi connectivity index (χ4v) is 2.44. The molecular formula is C13H16N4O4. The number of amides is 1. The first kappa shape index (κ1) is 13.7. The second-order valence-electron chi connectivity index (χ2n) is 4.83. The number of rotatable bonds is 4. The Kier molecular flexibility index (Phi) is 3.96. The van der Waals surface area contributed by atoms with Gasteiger partial charge in [0.2, 0.25) is 6.39 Å². The quantitative estimate of drug-likeness (QED) is 0.915. The van der Waals surface area contributed by atoms with Crippen LogP contribution in [-0.2, 0) is 11.2 Å². The van der Waals surface area contributed by atoms with Crippen LogP contribution in [0, 0.1) is 0 Å². The van der Waals surface area contributed by atoms with Crippen molar-refractivity contribution in [3.05, 3.63) is 23.4 Å². The van der Waals surface area contributed by atoms with Crippen molar-refractivity contribution in [1.29, 1.82) is 0 Å². The molecule has 1 aliphatic heterocycles. The highest BCUT2D eigenvalue weighted by atomic mass is 16.5. The van der Waals surface area contributed by atoms with Gasteiger partial charge in [-0.3, -0.25) is 10.1 Å². The van der Waals surface area contributed by atoms with Gasteiger partial charge in [0.25, 0.3) is 5.91 Å². The van der Waals surface area contributed by atoms with Gasteiger partial charge in [-0.05, 0) is 12.8 Å². The zero-order valence-corrected chi connectivity index (χ0v) is 11.7. The molecule has 1 aliphatic rings. The summed E-state index contributed by atoms with van der Waals surface area (Å²) in [5, 5.41) is 13.8. The molecule has 8 nitrogen and oxygen atoms in total. The van der Waals surface area contributed by atoms with Gasteiger partial charge in [-0.25, -0.2) is 0 Å². The molecule has 2 aromatic heterocycles. The zero-order chi connectivity index (χ0) is 14.7. The van der Waals surface area contributed by atoms with Crippen LogP contribution in [-0.4, -0.2) is 34.5 Å². The molecule has 0 aliphatic carbocycles. The Morgan fingerprint density at radius 1 is 1.52 bits per heavy atom. The van der Waals surface area contributed by atoms with E-state index in [1.807, 2.05) is 6.92 Å². The maximum absolute atomic E-state index is 12.4. The molecule has 1 amide bonds. The molecule has 1 atom stereocenters. The summed E-state index contributed by atoms with van der Waals surface area (Å²) in [5.74, 6) is 0.275. The Morgan fingerprint density at radius 2 is 2.43 bits per heavy atom. The third-order valence-corrected chi connectivity index (χ3v) is 3.46. The average molecular weight is 292 g/mol. The van der Waals surface area contributed by atoms with Crippen LogP contribution in [0.1, 0.15) is 47.5 Å². The van der Waals surface area contributed by atoms with Crippen LogP contribution in [0.25, 0.3) is 0 Å². The lowest BCUT2D eigenvalue weighted by Crippen LogP contribution is -2.21. The lowest BCUT2D eigenvalue weighted by Gasteiger charge is -2.20. The minimum Gasteiger partial charge on any atom is -0.411 e. The molecule has 0 bridgehead atoms. The van der Waals surface area contributed by atoms with Crippen molar-refractivity contribution in [2.45, 2.75) is 32.1 Å². The van der Waals surface area contributed by atoms with Gasteiger partial charge in [0, 0.05) is 18.9 Å². The second kappa shape index (κ2) is 6.04. The van der Waals surface area contributed by atoms with Gasteiger partial charge in [-0.15, -0.1) is 5.10 Å². The normalized spacial score (nSPS) is 18.6. The Balaban J connectivity index is 1.87. The van der Waals surface area contributed by atoms with E-state index in [1.165, 1.54) is 0 Å². The van der Waals surface area contributed by atoms with Crippen LogP contribution in [0.15, 0.2) is 15.3 Å².